The van der Waals surface area contributed by atoms with E-state index in [1.807, 2.05) is 60.7 Å². The Labute approximate surface area is 164 Å². The van der Waals surface area contributed by atoms with Gasteiger partial charge in [-0.3, -0.25) is 0 Å². The molecule has 0 amide bonds. The number of allylic oxidation sites excluding steroid dienone is 2. The number of ether oxygens (including phenoxy) is 2. The van der Waals surface area contributed by atoms with Crippen LogP contribution in [-0.4, -0.2) is 12.6 Å². The van der Waals surface area contributed by atoms with Gasteiger partial charge in [0.15, 0.2) is 0 Å². The van der Waals surface area contributed by atoms with Gasteiger partial charge in [-0.05, 0) is 41.3 Å². The van der Waals surface area contributed by atoms with Gasteiger partial charge in [0, 0.05) is 5.56 Å². The van der Waals surface area contributed by atoms with Gasteiger partial charge in [-0.15, -0.1) is 0 Å². The Bertz CT molecular complexity index is 1010. The Morgan fingerprint density at radius 3 is 2.00 bits per heavy atom. The maximum Gasteiger partial charge on any atom is 0.374 e. The van der Waals surface area contributed by atoms with Crippen LogP contribution in [0.2, 0.25) is 0 Å². The van der Waals surface area contributed by atoms with E-state index in [1.54, 1.807) is 13.0 Å². The fourth-order valence-corrected chi connectivity index (χ4v) is 3.33. The summed E-state index contributed by atoms with van der Waals surface area (Å²) in [6.07, 6.45) is 1.79. The smallest absolute Gasteiger partial charge is 0.374 e. The Hall–Kier alpha value is -3.59. The highest BCUT2D eigenvalue weighted by Crippen LogP contribution is 2.40. The van der Waals surface area contributed by atoms with Crippen LogP contribution in [0.25, 0.3) is 11.1 Å². The number of carbonyl (C=O) groups is 1. The second-order valence-corrected chi connectivity index (χ2v) is 6.35. The molecule has 0 aromatic heterocycles. The minimum absolute atomic E-state index is 0.194. The number of benzene rings is 3. The first-order valence-electron chi connectivity index (χ1n) is 9.29. The first kappa shape index (κ1) is 17.8. The van der Waals surface area contributed by atoms with Gasteiger partial charge in [-0.25, -0.2) is 4.79 Å². The van der Waals surface area contributed by atoms with Crippen LogP contribution in [0, 0.1) is 0 Å². The van der Waals surface area contributed by atoms with Crippen molar-refractivity contribution < 1.29 is 14.3 Å². The van der Waals surface area contributed by atoms with E-state index in [4.69, 9.17) is 9.47 Å². The number of rotatable bonds is 4. The highest BCUT2D eigenvalue weighted by Gasteiger charge is 2.25. The molecule has 0 fully saturated rings. The van der Waals surface area contributed by atoms with Gasteiger partial charge in [-0.2, -0.15) is 0 Å². The predicted octanol–water partition coefficient (Wildman–Crippen LogP) is 5.49. The van der Waals surface area contributed by atoms with Crippen molar-refractivity contribution in [2.45, 2.75) is 6.92 Å². The summed E-state index contributed by atoms with van der Waals surface area (Å²) in [6.45, 7) is 2.08. The van der Waals surface area contributed by atoms with Gasteiger partial charge >= 0.3 is 5.97 Å². The molecule has 138 valence electrons. The molecule has 28 heavy (non-hydrogen) atoms. The van der Waals surface area contributed by atoms with Gasteiger partial charge < -0.3 is 9.47 Å². The van der Waals surface area contributed by atoms with Crippen molar-refractivity contribution >= 4 is 17.1 Å². The summed E-state index contributed by atoms with van der Waals surface area (Å²) in [5.41, 5.74) is 5.05. The predicted molar refractivity (Wildman–Crippen MR) is 111 cm³/mol. The maximum absolute atomic E-state index is 12.4. The van der Waals surface area contributed by atoms with E-state index >= 15 is 0 Å². The lowest BCUT2D eigenvalue weighted by atomic mass is 9.88. The van der Waals surface area contributed by atoms with E-state index in [9.17, 15) is 4.79 Å². The SMILES string of the molecule is CCOC(=O)C1=CC(=C(c2ccccc2)c2ccccc2)c2ccccc2O1. The minimum Gasteiger partial charge on any atom is -0.460 e. The van der Waals surface area contributed by atoms with Crippen molar-refractivity contribution in [1.29, 1.82) is 0 Å². The van der Waals surface area contributed by atoms with Crippen LogP contribution in [0.5, 0.6) is 5.75 Å². The van der Waals surface area contributed by atoms with Gasteiger partial charge in [0.1, 0.15) is 5.75 Å². The number of hydrogen-bond acceptors (Lipinski definition) is 3. The molecular weight excluding hydrogens is 348 g/mol. The van der Waals surface area contributed by atoms with Crippen LogP contribution in [-0.2, 0) is 9.53 Å². The number of para-hydroxylation sites is 1. The largest absolute Gasteiger partial charge is 0.460 e. The third-order valence-corrected chi connectivity index (χ3v) is 4.54. The third-order valence-electron chi connectivity index (χ3n) is 4.54. The van der Waals surface area contributed by atoms with Crippen molar-refractivity contribution in [3.05, 3.63) is 113 Å². The van der Waals surface area contributed by atoms with Crippen LogP contribution < -0.4 is 4.74 Å². The standard InChI is InChI=1S/C25H20O3/c1-2-27-25(26)23-17-21(20-15-9-10-16-22(20)28-23)24(18-11-5-3-6-12-18)19-13-7-4-8-14-19/h3-17H,2H2,1H3. The van der Waals surface area contributed by atoms with E-state index in [-0.39, 0.29) is 5.76 Å². The van der Waals surface area contributed by atoms with Crippen LogP contribution in [0.4, 0.5) is 0 Å². The molecule has 4 rings (SSSR count). The van der Waals surface area contributed by atoms with Crippen molar-refractivity contribution in [3.63, 3.8) is 0 Å². The molecule has 1 aliphatic heterocycles. The summed E-state index contributed by atoms with van der Waals surface area (Å²) in [5, 5.41) is 0. The molecule has 3 aromatic carbocycles. The third kappa shape index (κ3) is 3.47. The first-order chi connectivity index (χ1) is 13.8. The van der Waals surface area contributed by atoms with Crippen LogP contribution in [0.3, 0.4) is 0 Å². The Morgan fingerprint density at radius 2 is 1.39 bits per heavy atom. The maximum atomic E-state index is 12.4. The van der Waals surface area contributed by atoms with E-state index in [0.717, 1.165) is 27.8 Å². The van der Waals surface area contributed by atoms with Crippen molar-refractivity contribution in [3.8, 4) is 5.75 Å². The minimum atomic E-state index is -0.463. The Morgan fingerprint density at radius 1 is 0.821 bits per heavy atom. The molecule has 0 spiro atoms. The summed E-state index contributed by atoms with van der Waals surface area (Å²) >= 11 is 0. The van der Waals surface area contributed by atoms with Gasteiger partial charge in [-0.1, -0.05) is 78.9 Å². The van der Waals surface area contributed by atoms with Gasteiger partial charge in [0.05, 0.1) is 6.61 Å². The lowest BCUT2D eigenvalue weighted by molar-refractivity contribution is -0.141. The van der Waals surface area contributed by atoms with E-state index in [0.29, 0.717) is 12.4 Å². The zero-order valence-corrected chi connectivity index (χ0v) is 15.6. The summed E-state index contributed by atoms with van der Waals surface area (Å²) in [4.78, 5) is 12.4. The molecule has 0 N–H and O–H groups in total. The highest BCUT2D eigenvalue weighted by molar-refractivity contribution is 6.06. The van der Waals surface area contributed by atoms with Gasteiger partial charge in [0.2, 0.25) is 5.76 Å². The summed E-state index contributed by atoms with van der Waals surface area (Å²) in [7, 11) is 0. The Kier molecular flexibility index (Phi) is 5.07. The monoisotopic (exact) mass is 368 g/mol. The van der Waals surface area contributed by atoms with Crippen molar-refractivity contribution in [2.24, 2.45) is 0 Å². The molecule has 0 atom stereocenters. The summed E-state index contributed by atoms with van der Waals surface area (Å²) in [6, 6.07) is 28.1. The molecule has 1 aliphatic rings. The molecular formula is C25H20O3. The second-order valence-electron chi connectivity index (χ2n) is 6.35. The average Bonchev–Trinajstić information content (AvgIpc) is 2.75. The normalized spacial score (nSPS) is 12.5. The summed E-state index contributed by atoms with van der Waals surface area (Å²) in [5.74, 6) is 0.377. The molecule has 3 nitrogen and oxygen atoms in total. The molecule has 0 saturated heterocycles. The first-order valence-corrected chi connectivity index (χ1v) is 9.29. The molecule has 0 radical (unpaired) electrons. The lowest BCUT2D eigenvalue weighted by Crippen LogP contribution is -2.16. The second kappa shape index (κ2) is 7.97. The van der Waals surface area contributed by atoms with Crippen LogP contribution in [0.1, 0.15) is 23.6 Å². The van der Waals surface area contributed by atoms with Gasteiger partial charge in [0.25, 0.3) is 0 Å². The number of esters is 1. The van der Waals surface area contributed by atoms with E-state index in [1.165, 1.54) is 0 Å². The molecule has 0 saturated carbocycles. The van der Waals surface area contributed by atoms with E-state index in [2.05, 4.69) is 24.3 Å². The molecule has 1 heterocycles. The van der Waals surface area contributed by atoms with Crippen LogP contribution >= 0.6 is 0 Å². The molecule has 0 unspecified atom stereocenters. The average molecular weight is 368 g/mol. The number of fused-ring (bicyclic) bond motifs is 1. The molecule has 3 aromatic rings. The summed E-state index contributed by atoms with van der Waals surface area (Å²) < 4.78 is 11.0. The van der Waals surface area contributed by atoms with E-state index < -0.39 is 5.97 Å². The van der Waals surface area contributed by atoms with Crippen molar-refractivity contribution in [2.75, 3.05) is 6.61 Å². The topological polar surface area (TPSA) is 35.5 Å². The quantitative estimate of drug-likeness (QED) is 0.572. The van der Waals surface area contributed by atoms with Crippen molar-refractivity contribution in [1.82, 2.24) is 0 Å². The number of carbonyl (C=O) groups excluding carboxylic acids is 1. The molecule has 0 aliphatic carbocycles. The zero-order valence-electron chi connectivity index (χ0n) is 15.6. The number of hydrogen-bond donors (Lipinski definition) is 0. The lowest BCUT2D eigenvalue weighted by Gasteiger charge is -2.22. The molecule has 0 bridgehead atoms. The Balaban J connectivity index is 2.01. The fraction of sp³-hybridized carbons (Fsp3) is 0.0800. The highest BCUT2D eigenvalue weighted by atomic mass is 16.6. The zero-order chi connectivity index (χ0) is 19.3. The fourth-order valence-electron chi connectivity index (χ4n) is 3.33. The van der Waals surface area contributed by atoms with Crippen LogP contribution in [0.15, 0.2) is 96.8 Å². The molecule has 3 heteroatoms.